The number of carbonyl (C=O) groups is 1. The van der Waals surface area contributed by atoms with Crippen LogP contribution in [0.5, 0.6) is 0 Å². The minimum atomic E-state index is -0.803. The third-order valence-corrected chi connectivity index (χ3v) is 2.68. The molecular formula is C12H21N5O2S. The Morgan fingerprint density at radius 2 is 1.90 bits per heavy atom. The number of nitrogens with one attached hydrogen (secondary N) is 2. The van der Waals surface area contributed by atoms with Crippen molar-refractivity contribution < 1.29 is 9.90 Å². The first-order chi connectivity index (χ1) is 9.30. The largest absolute Gasteiger partial charge is 0.481 e. The summed E-state index contributed by atoms with van der Waals surface area (Å²) in [4.78, 5) is 23.2. The Hall–Kier alpha value is -1.57. The Morgan fingerprint density at radius 3 is 2.45 bits per heavy atom. The average molecular weight is 299 g/mol. The van der Waals surface area contributed by atoms with E-state index < -0.39 is 5.97 Å². The minimum absolute atomic E-state index is 0.126. The third-order valence-electron chi connectivity index (χ3n) is 2.13. The lowest BCUT2D eigenvalue weighted by molar-refractivity contribution is -0.137. The first-order valence-electron chi connectivity index (χ1n) is 6.34. The molecule has 1 aromatic rings. The van der Waals surface area contributed by atoms with Crippen LogP contribution in [0.2, 0.25) is 0 Å². The number of anilines is 2. The van der Waals surface area contributed by atoms with Gasteiger partial charge < -0.3 is 15.7 Å². The summed E-state index contributed by atoms with van der Waals surface area (Å²) in [5, 5.41) is 15.4. The van der Waals surface area contributed by atoms with Crippen LogP contribution in [0.1, 0.15) is 33.6 Å². The Kier molecular flexibility index (Phi) is 6.00. The van der Waals surface area contributed by atoms with E-state index in [0.29, 0.717) is 30.0 Å². The molecule has 0 spiro atoms. The fourth-order valence-electron chi connectivity index (χ4n) is 1.36. The van der Waals surface area contributed by atoms with E-state index in [4.69, 9.17) is 5.11 Å². The van der Waals surface area contributed by atoms with Crippen LogP contribution in [-0.4, -0.2) is 44.4 Å². The molecule has 0 radical (unpaired) electrons. The van der Waals surface area contributed by atoms with Crippen LogP contribution in [0.4, 0.5) is 11.9 Å². The summed E-state index contributed by atoms with van der Waals surface area (Å²) in [6.45, 7) is 6.58. The second-order valence-corrected chi connectivity index (χ2v) is 6.04. The molecule has 7 nitrogen and oxygen atoms in total. The topological polar surface area (TPSA) is 100 Å². The Bertz CT molecular complexity index is 462. The maximum absolute atomic E-state index is 10.4. The van der Waals surface area contributed by atoms with E-state index in [0.717, 1.165) is 0 Å². The molecule has 0 aliphatic rings. The second kappa shape index (κ2) is 7.28. The van der Waals surface area contributed by atoms with Crippen LogP contribution in [-0.2, 0) is 4.79 Å². The highest BCUT2D eigenvalue weighted by molar-refractivity contribution is 7.98. The van der Waals surface area contributed by atoms with Crippen molar-refractivity contribution in [3.63, 3.8) is 0 Å². The van der Waals surface area contributed by atoms with Crippen LogP contribution in [0.15, 0.2) is 5.16 Å². The Labute approximate surface area is 123 Å². The summed E-state index contributed by atoms with van der Waals surface area (Å²) in [6.07, 6.45) is 2.54. The third kappa shape index (κ3) is 6.55. The summed E-state index contributed by atoms with van der Waals surface area (Å²) in [5.74, 6) is 0.168. The lowest BCUT2D eigenvalue weighted by Gasteiger charge is -2.20. The molecule has 0 unspecified atom stereocenters. The van der Waals surface area contributed by atoms with Crippen LogP contribution in [0.25, 0.3) is 0 Å². The molecular weight excluding hydrogens is 278 g/mol. The van der Waals surface area contributed by atoms with Crippen LogP contribution < -0.4 is 10.6 Å². The fraction of sp³-hybridized carbons (Fsp3) is 0.667. The van der Waals surface area contributed by atoms with Gasteiger partial charge in [-0.2, -0.15) is 15.0 Å². The predicted molar refractivity (Wildman–Crippen MR) is 80.3 cm³/mol. The lowest BCUT2D eigenvalue weighted by Crippen LogP contribution is -2.27. The van der Waals surface area contributed by atoms with Gasteiger partial charge in [0, 0.05) is 18.5 Å². The van der Waals surface area contributed by atoms with Crippen LogP contribution in [0.3, 0.4) is 0 Å². The van der Waals surface area contributed by atoms with Gasteiger partial charge in [0.05, 0.1) is 0 Å². The normalized spacial score (nSPS) is 11.2. The van der Waals surface area contributed by atoms with Crippen molar-refractivity contribution in [2.45, 2.75) is 44.3 Å². The van der Waals surface area contributed by atoms with Gasteiger partial charge >= 0.3 is 5.97 Å². The van der Waals surface area contributed by atoms with E-state index in [1.165, 1.54) is 11.8 Å². The van der Waals surface area contributed by atoms with Crippen LogP contribution in [0, 0.1) is 0 Å². The maximum Gasteiger partial charge on any atom is 0.303 e. The molecule has 3 N–H and O–H groups in total. The van der Waals surface area contributed by atoms with Gasteiger partial charge in [0.2, 0.25) is 11.9 Å². The summed E-state index contributed by atoms with van der Waals surface area (Å²) in [5.41, 5.74) is -0.141. The van der Waals surface area contributed by atoms with E-state index in [2.05, 4.69) is 25.6 Å². The lowest BCUT2D eigenvalue weighted by atomic mass is 10.1. The number of carboxylic acids is 1. The molecule has 0 aliphatic heterocycles. The zero-order valence-electron chi connectivity index (χ0n) is 12.2. The number of hydrogen-bond donors (Lipinski definition) is 3. The Balaban J connectivity index is 2.70. The molecule has 20 heavy (non-hydrogen) atoms. The van der Waals surface area contributed by atoms with Crippen molar-refractivity contribution >= 4 is 29.6 Å². The van der Waals surface area contributed by atoms with Gasteiger partial charge in [-0.3, -0.25) is 4.79 Å². The zero-order chi connectivity index (χ0) is 15.2. The summed E-state index contributed by atoms with van der Waals surface area (Å²) < 4.78 is 0. The molecule has 0 aliphatic carbocycles. The molecule has 0 fully saturated rings. The van der Waals surface area contributed by atoms with Crippen molar-refractivity contribution in [2.75, 3.05) is 23.4 Å². The van der Waals surface area contributed by atoms with Gasteiger partial charge in [0.1, 0.15) is 0 Å². The van der Waals surface area contributed by atoms with E-state index in [1.807, 2.05) is 27.0 Å². The van der Waals surface area contributed by atoms with Crippen molar-refractivity contribution in [3.8, 4) is 0 Å². The minimum Gasteiger partial charge on any atom is -0.481 e. The molecule has 0 amide bonds. The highest BCUT2D eigenvalue weighted by Crippen LogP contribution is 2.16. The number of aromatic nitrogens is 3. The number of rotatable bonds is 7. The van der Waals surface area contributed by atoms with Crippen molar-refractivity contribution in [2.24, 2.45) is 0 Å². The molecule has 1 aromatic heterocycles. The SMILES string of the molecule is CSc1nc(NCCCC(=O)O)nc(NC(C)(C)C)n1. The second-order valence-electron chi connectivity index (χ2n) is 5.27. The maximum atomic E-state index is 10.4. The van der Waals surface area contributed by atoms with E-state index in [9.17, 15) is 4.79 Å². The van der Waals surface area contributed by atoms with Gasteiger partial charge in [-0.05, 0) is 33.4 Å². The van der Waals surface area contributed by atoms with Crippen LogP contribution >= 0.6 is 11.8 Å². The molecule has 1 rings (SSSR count). The number of hydrogen-bond acceptors (Lipinski definition) is 7. The molecule has 0 bridgehead atoms. The quantitative estimate of drug-likeness (QED) is 0.520. The van der Waals surface area contributed by atoms with Crippen molar-refractivity contribution in [3.05, 3.63) is 0 Å². The standard InChI is InChI=1S/C12H21N5O2S/c1-12(2,3)17-10-14-9(15-11(16-10)20-4)13-7-5-6-8(18)19/h5-7H2,1-4H3,(H,18,19)(H2,13,14,15,16,17). The summed E-state index contributed by atoms with van der Waals surface area (Å²) in [6, 6.07) is 0. The Morgan fingerprint density at radius 1 is 1.25 bits per heavy atom. The fourth-order valence-corrected chi connectivity index (χ4v) is 1.71. The zero-order valence-corrected chi connectivity index (χ0v) is 13.0. The van der Waals surface area contributed by atoms with Gasteiger partial charge in [-0.15, -0.1) is 0 Å². The number of aliphatic carboxylic acids is 1. The molecule has 1 heterocycles. The smallest absolute Gasteiger partial charge is 0.303 e. The van der Waals surface area contributed by atoms with E-state index in [-0.39, 0.29) is 12.0 Å². The molecule has 0 saturated carbocycles. The van der Waals surface area contributed by atoms with E-state index >= 15 is 0 Å². The molecule has 8 heteroatoms. The average Bonchev–Trinajstić information content (AvgIpc) is 2.32. The first-order valence-corrected chi connectivity index (χ1v) is 7.56. The van der Waals surface area contributed by atoms with Crippen molar-refractivity contribution in [1.29, 1.82) is 0 Å². The van der Waals surface area contributed by atoms with Gasteiger partial charge in [-0.25, -0.2) is 0 Å². The molecule has 112 valence electrons. The monoisotopic (exact) mass is 299 g/mol. The summed E-state index contributed by atoms with van der Waals surface area (Å²) in [7, 11) is 0. The molecule has 0 aromatic carbocycles. The highest BCUT2D eigenvalue weighted by Gasteiger charge is 2.13. The van der Waals surface area contributed by atoms with E-state index in [1.54, 1.807) is 0 Å². The first kappa shape index (κ1) is 16.5. The van der Waals surface area contributed by atoms with Crippen molar-refractivity contribution in [1.82, 2.24) is 15.0 Å². The van der Waals surface area contributed by atoms with Gasteiger partial charge in [0.15, 0.2) is 5.16 Å². The predicted octanol–water partition coefficient (Wildman–Crippen LogP) is 2.08. The van der Waals surface area contributed by atoms with Gasteiger partial charge in [0.25, 0.3) is 0 Å². The summed E-state index contributed by atoms with van der Waals surface area (Å²) >= 11 is 1.43. The van der Waals surface area contributed by atoms with Gasteiger partial charge in [-0.1, -0.05) is 11.8 Å². The molecule has 0 saturated heterocycles. The number of thioether (sulfide) groups is 1. The number of nitrogens with zero attached hydrogens (tertiary/aromatic N) is 3. The molecule has 0 atom stereocenters. The number of carboxylic acid groups (broad SMARTS) is 1. The highest BCUT2D eigenvalue weighted by atomic mass is 32.2.